The molecule has 0 aliphatic rings. The summed E-state index contributed by atoms with van der Waals surface area (Å²) in [4.78, 5) is 4.32. The van der Waals surface area contributed by atoms with Gasteiger partial charge in [-0.1, -0.05) is 32.4 Å². The molecule has 0 amide bonds. The van der Waals surface area contributed by atoms with Crippen molar-refractivity contribution in [2.45, 2.75) is 26.8 Å². The van der Waals surface area contributed by atoms with Crippen LogP contribution < -0.4 is 5.32 Å². The van der Waals surface area contributed by atoms with Crippen LogP contribution in [0.25, 0.3) is 0 Å². The summed E-state index contributed by atoms with van der Waals surface area (Å²) < 4.78 is 0. The highest BCUT2D eigenvalue weighted by Crippen LogP contribution is 2.31. The molecule has 1 heterocycles. The molecule has 0 aliphatic carbocycles. The van der Waals surface area contributed by atoms with E-state index in [0.717, 1.165) is 5.69 Å². The molecule has 0 bridgehead atoms. The molecule has 14 heavy (non-hydrogen) atoms. The van der Waals surface area contributed by atoms with Crippen molar-refractivity contribution in [3.05, 3.63) is 29.0 Å². The molecule has 0 fully saturated rings. The molecule has 3 heteroatoms. The Kier molecular flexibility index (Phi) is 3.51. The summed E-state index contributed by atoms with van der Waals surface area (Å²) in [7, 11) is 1.95. The van der Waals surface area contributed by atoms with Crippen molar-refractivity contribution in [1.29, 1.82) is 0 Å². The minimum absolute atomic E-state index is 0.148. The Morgan fingerprint density at radius 2 is 2.00 bits per heavy atom. The van der Waals surface area contributed by atoms with E-state index >= 15 is 0 Å². The van der Waals surface area contributed by atoms with Crippen LogP contribution in [0.2, 0.25) is 5.02 Å². The van der Waals surface area contributed by atoms with Gasteiger partial charge in [0.2, 0.25) is 0 Å². The molecule has 1 aromatic heterocycles. The standard InChI is InChI=1S/C11H17ClN2/c1-11(2,3)10(13-4)9-6-5-8(12)7-14-9/h5-7,10,13H,1-4H3. The number of hydrogen-bond donors (Lipinski definition) is 1. The van der Waals surface area contributed by atoms with E-state index in [1.807, 2.05) is 19.2 Å². The van der Waals surface area contributed by atoms with Crippen LogP contribution >= 0.6 is 11.6 Å². The summed E-state index contributed by atoms with van der Waals surface area (Å²) in [5.74, 6) is 0. The predicted molar refractivity (Wildman–Crippen MR) is 60.5 cm³/mol. The van der Waals surface area contributed by atoms with Gasteiger partial charge in [-0.2, -0.15) is 0 Å². The third-order valence-electron chi connectivity index (χ3n) is 2.20. The largest absolute Gasteiger partial charge is 0.311 e. The number of aromatic nitrogens is 1. The van der Waals surface area contributed by atoms with Crippen molar-refractivity contribution >= 4 is 11.6 Å². The van der Waals surface area contributed by atoms with Gasteiger partial charge in [0.05, 0.1) is 16.8 Å². The Morgan fingerprint density at radius 3 is 2.36 bits per heavy atom. The van der Waals surface area contributed by atoms with Crippen LogP contribution in [-0.4, -0.2) is 12.0 Å². The van der Waals surface area contributed by atoms with Gasteiger partial charge in [0, 0.05) is 6.20 Å². The van der Waals surface area contributed by atoms with E-state index in [9.17, 15) is 0 Å². The van der Waals surface area contributed by atoms with Crippen LogP contribution in [0.15, 0.2) is 18.3 Å². The molecule has 1 atom stereocenters. The molecule has 78 valence electrons. The van der Waals surface area contributed by atoms with Crippen LogP contribution in [0, 0.1) is 5.41 Å². The lowest BCUT2D eigenvalue weighted by atomic mass is 9.84. The van der Waals surface area contributed by atoms with Crippen LogP contribution in [0.3, 0.4) is 0 Å². The topological polar surface area (TPSA) is 24.9 Å². The summed E-state index contributed by atoms with van der Waals surface area (Å²) >= 11 is 5.79. The molecule has 0 spiro atoms. The Bertz CT molecular complexity index is 287. The summed E-state index contributed by atoms with van der Waals surface area (Å²) in [6.07, 6.45) is 1.69. The lowest BCUT2D eigenvalue weighted by molar-refractivity contribution is 0.281. The van der Waals surface area contributed by atoms with Crippen molar-refractivity contribution in [2.24, 2.45) is 5.41 Å². The Balaban J connectivity index is 2.96. The molecule has 2 nitrogen and oxygen atoms in total. The van der Waals surface area contributed by atoms with Gasteiger partial charge in [0.25, 0.3) is 0 Å². The maximum atomic E-state index is 5.79. The Hall–Kier alpha value is -0.600. The molecular formula is C11H17ClN2. The number of nitrogens with zero attached hydrogens (tertiary/aromatic N) is 1. The summed E-state index contributed by atoms with van der Waals surface area (Å²) in [6, 6.07) is 4.09. The van der Waals surface area contributed by atoms with E-state index in [2.05, 4.69) is 31.1 Å². The van der Waals surface area contributed by atoms with Crippen molar-refractivity contribution < 1.29 is 0 Å². The van der Waals surface area contributed by atoms with Gasteiger partial charge in [0.1, 0.15) is 0 Å². The molecule has 1 N–H and O–H groups in total. The molecule has 0 aliphatic heterocycles. The van der Waals surface area contributed by atoms with Crippen LogP contribution in [0.4, 0.5) is 0 Å². The Morgan fingerprint density at radius 1 is 1.36 bits per heavy atom. The fraction of sp³-hybridized carbons (Fsp3) is 0.545. The average Bonchev–Trinajstić information content (AvgIpc) is 2.07. The second-order valence-corrected chi connectivity index (χ2v) is 4.93. The lowest BCUT2D eigenvalue weighted by Gasteiger charge is -2.29. The summed E-state index contributed by atoms with van der Waals surface area (Å²) in [5, 5.41) is 3.95. The maximum Gasteiger partial charge on any atom is 0.0589 e. The first-order valence-electron chi connectivity index (χ1n) is 4.74. The molecule has 1 rings (SSSR count). The van der Waals surface area contributed by atoms with E-state index < -0.39 is 0 Å². The van der Waals surface area contributed by atoms with Gasteiger partial charge >= 0.3 is 0 Å². The monoisotopic (exact) mass is 212 g/mol. The fourth-order valence-corrected chi connectivity index (χ4v) is 1.69. The van der Waals surface area contributed by atoms with Gasteiger partial charge in [-0.3, -0.25) is 4.98 Å². The van der Waals surface area contributed by atoms with Crippen molar-refractivity contribution in [3.8, 4) is 0 Å². The molecule has 1 aromatic rings. The van der Waals surface area contributed by atoms with Crippen LogP contribution in [-0.2, 0) is 0 Å². The second-order valence-electron chi connectivity index (χ2n) is 4.49. The molecule has 0 saturated heterocycles. The molecule has 0 aromatic carbocycles. The highest BCUT2D eigenvalue weighted by atomic mass is 35.5. The van der Waals surface area contributed by atoms with Gasteiger partial charge in [-0.25, -0.2) is 0 Å². The number of halogens is 1. The SMILES string of the molecule is CNC(c1ccc(Cl)cn1)C(C)(C)C. The predicted octanol–water partition coefficient (Wildman–Crippen LogP) is 3.04. The van der Waals surface area contributed by atoms with E-state index in [-0.39, 0.29) is 11.5 Å². The van der Waals surface area contributed by atoms with Crippen molar-refractivity contribution in [3.63, 3.8) is 0 Å². The van der Waals surface area contributed by atoms with Gasteiger partial charge in [-0.05, 0) is 24.6 Å². The quantitative estimate of drug-likeness (QED) is 0.815. The minimum Gasteiger partial charge on any atom is -0.311 e. The van der Waals surface area contributed by atoms with E-state index in [1.165, 1.54) is 0 Å². The number of hydrogen-bond acceptors (Lipinski definition) is 2. The summed E-state index contributed by atoms with van der Waals surface area (Å²) in [5.41, 5.74) is 1.18. The first kappa shape index (κ1) is 11.5. The lowest BCUT2D eigenvalue weighted by Crippen LogP contribution is -2.30. The van der Waals surface area contributed by atoms with E-state index in [1.54, 1.807) is 6.20 Å². The zero-order chi connectivity index (χ0) is 10.8. The minimum atomic E-state index is 0.148. The maximum absolute atomic E-state index is 5.79. The molecule has 0 saturated carbocycles. The van der Waals surface area contributed by atoms with Crippen molar-refractivity contribution in [2.75, 3.05) is 7.05 Å². The first-order chi connectivity index (χ1) is 6.45. The third-order valence-corrected chi connectivity index (χ3v) is 2.42. The van der Waals surface area contributed by atoms with E-state index in [4.69, 9.17) is 11.6 Å². The zero-order valence-electron chi connectivity index (χ0n) is 9.13. The third kappa shape index (κ3) is 2.69. The van der Waals surface area contributed by atoms with Crippen LogP contribution in [0.1, 0.15) is 32.5 Å². The zero-order valence-corrected chi connectivity index (χ0v) is 9.89. The van der Waals surface area contributed by atoms with Gasteiger partial charge in [0.15, 0.2) is 0 Å². The molecule has 1 unspecified atom stereocenters. The van der Waals surface area contributed by atoms with E-state index in [0.29, 0.717) is 5.02 Å². The first-order valence-corrected chi connectivity index (χ1v) is 5.11. The number of rotatable bonds is 2. The smallest absolute Gasteiger partial charge is 0.0589 e. The highest BCUT2D eigenvalue weighted by Gasteiger charge is 2.25. The normalized spacial score (nSPS) is 14.1. The van der Waals surface area contributed by atoms with Crippen LogP contribution in [0.5, 0.6) is 0 Å². The molecule has 0 radical (unpaired) electrons. The van der Waals surface area contributed by atoms with Gasteiger partial charge in [-0.15, -0.1) is 0 Å². The van der Waals surface area contributed by atoms with Gasteiger partial charge < -0.3 is 5.32 Å². The Labute approximate surface area is 90.7 Å². The summed E-state index contributed by atoms with van der Waals surface area (Å²) in [6.45, 7) is 6.55. The second kappa shape index (κ2) is 4.28. The average molecular weight is 213 g/mol. The number of nitrogens with one attached hydrogen (secondary N) is 1. The highest BCUT2D eigenvalue weighted by molar-refractivity contribution is 6.30. The van der Waals surface area contributed by atoms with Crippen molar-refractivity contribution in [1.82, 2.24) is 10.3 Å². The molecular weight excluding hydrogens is 196 g/mol. The fourth-order valence-electron chi connectivity index (χ4n) is 1.58. The number of pyridine rings is 1.